The van der Waals surface area contributed by atoms with E-state index in [-0.39, 0.29) is 6.10 Å². The van der Waals surface area contributed by atoms with Crippen molar-refractivity contribution in [3.63, 3.8) is 0 Å². The number of fused-ring (bicyclic) bond motifs is 1. The molecule has 1 aromatic heterocycles. The van der Waals surface area contributed by atoms with Gasteiger partial charge in [0.1, 0.15) is 11.9 Å². The molecule has 2 aromatic rings. The number of H-pyrrole nitrogens is 1. The molecule has 1 aliphatic heterocycles. The van der Waals surface area contributed by atoms with Crippen molar-refractivity contribution in [3.8, 4) is 0 Å². The molecule has 90 valence electrons. The Morgan fingerprint density at radius 2 is 2.35 bits per heavy atom. The third-order valence-electron chi connectivity index (χ3n) is 3.09. The molecule has 2 heterocycles. The first-order valence-electron chi connectivity index (χ1n) is 6.04. The van der Waals surface area contributed by atoms with Crippen LogP contribution < -0.4 is 0 Å². The van der Waals surface area contributed by atoms with Crippen molar-refractivity contribution in [2.24, 2.45) is 0 Å². The Bertz CT molecular complexity index is 515. The fourth-order valence-electron chi connectivity index (χ4n) is 2.09. The van der Waals surface area contributed by atoms with E-state index < -0.39 is 0 Å². The molecule has 0 bridgehead atoms. The van der Waals surface area contributed by atoms with Crippen molar-refractivity contribution in [2.75, 3.05) is 19.8 Å². The van der Waals surface area contributed by atoms with Gasteiger partial charge in [0.15, 0.2) is 0 Å². The molecule has 3 rings (SSSR count). The molecule has 0 amide bonds. The van der Waals surface area contributed by atoms with Crippen molar-refractivity contribution in [1.29, 1.82) is 0 Å². The highest BCUT2D eigenvalue weighted by atomic mass is 16.6. The van der Waals surface area contributed by atoms with Gasteiger partial charge in [-0.3, -0.25) is 0 Å². The fraction of sp³-hybridized carbons (Fsp3) is 0.462. The molecule has 4 nitrogen and oxygen atoms in total. The van der Waals surface area contributed by atoms with Crippen molar-refractivity contribution < 1.29 is 9.47 Å². The largest absolute Gasteiger partial charge is 0.376 e. The minimum Gasteiger partial charge on any atom is -0.376 e. The normalized spacial score (nSPS) is 20.9. The summed E-state index contributed by atoms with van der Waals surface area (Å²) in [5, 5.41) is 0. The Labute approximate surface area is 100.0 Å². The molecule has 17 heavy (non-hydrogen) atoms. The molecule has 1 unspecified atom stereocenters. The van der Waals surface area contributed by atoms with Crippen LogP contribution >= 0.6 is 0 Å². The lowest BCUT2D eigenvalue weighted by molar-refractivity contribution is -0.0931. The van der Waals surface area contributed by atoms with E-state index >= 15 is 0 Å². The second-order valence-corrected chi connectivity index (χ2v) is 4.26. The number of nitrogens with one attached hydrogen (secondary N) is 1. The molecule has 0 radical (unpaired) electrons. The molecule has 1 fully saturated rings. The summed E-state index contributed by atoms with van der Waals surface area (Å²) >= 11 is 0. The van der Waals surface area contributed by atoms with Gasteiger partial charge in [0.25, 0.3) is 0 Å². The van der Waals surface area contributed by atoms with Crippen LogP contribution in [-0.2, 0) is 15.9 Å². The molecule has 1 atom stereocenters. The maximum absolute atomic E-state index is 5.63. The number of rotatable bonds is 2. The van der Waals surface area contributed by atoms with E-state index in [9.17, 15) is 0 Å². The van der Waals surface area contributed by atoms with Gasteiger partial charge in [0, 0.05) is 0 Å². The lowest BCUT2D eigenvalue weighted by Crippen LogP contribution is -2.22. The van der Waals surface area contributed by atoms with Gasteiger partial charge in [-0.05, 0) is 24.1 Å². The lowest BCUT2D eigenvalue weighted by atomic mass is 10.1. The molecule has 1 saturated heterocycles. The van der Waals surface area contributed by atoms with Crippen LogP contribution in [-0.4, -0.2) is 29.8 Å². The SMILES string of the molecule is CCc1ccc2nc(C3COCCO3)[nH]c2c1. The molecule has 1 N–H and O–H groups in total. The highest BCUT2D eigenvalue weighted by Gasteiger charge is 2.19. The Balaban J connectivity index is 1.95. The van der Waals surface area contributed by atoms with Crippen molar-refractivity contribution >= 4 is 11.0 Å². The number of benzene rings is 1. The summed E-state index contributed by atoms with van der Waals surface area (Å²) < 4.78 is 11.0. The van der Waals surface area contributed by atoms with Gasteiger partial charge >= 0.3 is 0 Å². The van der Waals surface area contributed by atoms with Crippen LogP contribution in [0.1, 0.15) is 24.4 Å². The summed E-state index contributed by atoms with van der Waals surface area (Å²) in [5.41, 5.74) is 3.38. The summed E-state index contributed by atoms with van der Waals surface area (Å²) in [6, 6.07) is 6.32. The predicted octanol–water partition coefficient (Wildman–Crippen LogP) is 2.21. The van der Waals surface area contributed by atoms with Crippen molar-refractivity contribution in [2.45, 2.75) is 19.4 Å². The van der Waals surface area contributed by atoms with Crippen LogP contribution in [0.2, 0.25) is 0 Å². The summed E-state index contributed by atoms with van der Waals surface area (Å²) in [6.45, 7) is 4.05. The Hall–Kier alpha value is -1.39. The van der Waals surface area contributed by atoms with Crippen LogP contribution in [0.15, 0.2) is 18.2 Å². The topological polar surface area (TPSA) is 47.1 Å². The van der Waals surface area contributed by atoms with Gasteiger partial charge in [0.05, 0.1) is 30.9 Å². The van der Waals surface area contributed by atoms with Crippen LogP contribution in [0, 0.1) is 0 Å². The van der Waals surface area contributed by atoms with E-state index in [4.69, 9.17) is 9.47 Å². The smallest absolute Gasteiger partial charge is 0.138 e. The van der Waals surface area contributed by atoms with Crippen LogP contribution in [0.3, 0.4) is 0 Å². The number of nitrogens with zero attached hydrogens (tertiary/aromatic N) is 1. The summed E-state index contributed by atoms with van der Waals surface area (Å²) in [6.07, 6.45) is 0.981. The quantitative estimate of drug-likeness (QED) is 0.863. The van der Waals surface area contributed by atoms with Gasteiger partial charge in [-0.2, -0.15) is 0 Å². The monoisotopic (exact) mass is 232 g/mol. The highest BCUT2D eigenvalue weighted by Crippen LogP contribution is 2.22. The van der Waals surface area contributed by atoms with Gasteiger partial charge in [0.2, 0.25) is 0 Å². The van der Waals surface area contributed by atoms with E-state index in [0.717, 1.165) is 23.3 Å². The number of aromatic amines is 1. The molecular weight excluding hydrogens is 216 g/mol. The highest BCUT2D eigenvalue weighted by molar-refractivity contribution is 5.75. The zero-order chi connectivity index (χ0) is 11.7. The minimum atomic E-state index is -0.0544. The van der Waals surface area contributed by atoms with Crippen molar-refractivity contribution in [1.82, 2.24) is 9.97 Å². The van der Waals surface area contributed by atoms with Crippen LogP contribution in [0.5, 0.6) is 0 Å². The Morgan fingerprint density at radius 3 is 3.12 bits per heavy atom. The van der Waals surface area contributed by atoms with Crippen molar-refractivity contribution in [3.05, 3.63) is 29.6 Å². The van der Waals surface area contributed by atoms with E-state index in [1.807, 2.05) is 0 Å². The Morgan fingerprint density at radius 1 is 1.41 bits per heavy atom. The van der Waals surface area contributed by atoms with Gasteiger partial charge < -0.3 is 14.5 Å². The first-order chi connectivity index (χ1) is 8.36. The summed E-state index contributed by atoms with van der Waals surface area (Å²) in [7, 11) is 0. The zero-order valence-corrected chi connectivity index (χ0v) is 9.90. The fourth-order valence-corrected chi connectivity index (χ4v) is 2.09. The average Bonchev–Trinajstić information content (AvgIpc) is 2.82. The van der Waals surface area contributed by atoms with E-state index in [0.29, 0.717) is 19.8 Å². The maximum Gasteiger partial charge on any atom is 0.138 e. The lowest BCUT2D eigenvalue weighted by Gasteiger charge is -2.20. The van der Waals surface area contributed by atoms with Gasteiger partial charge in [-0.25, -0.2) is 4.98 Å². The number of aromatic nitrogens is 2. The van der Waals surface area contributed by atoms with E-state index in [1.54, 1.807) is 0 Å². The number of hydrogen-bond acceptors (Lipinski definition) is 3. The molecule has 1 aliphatic rings. The molecular formula is C13H16N2O2. The van der Waals surface area contributed by atoms with E-state index in [1.165, 1.54) is 5.56 Å². The van der Waals surface area contributed by atoms with Crippen LogP contribution in [0.25, 0.3) is 11.0 Å². The average molecular weight is 232 g/mol. The number of imidazole rings is 1. The predicted molar refractivity (Wildman–Crippen MR) is 65.0 cm³/mol. The third kappa shape index (κ3) is 2.06. The first-order valence-corrected chi connectivity index (χ1v) is 6.04. The number of hydrogen-bond donors (Lipinski definition) is 1. The second-order valence-electron chi connectivity index (χ2n) is 4.26. The second kappa shape index (κ2) is 4.47. The summed E-state index contributed by atoms with van der Waals surface area (Å²) in [5.74, 6) is 0.868. The zero-order valence-electron chi connectivity index (χ0n) is 9.90. The third-order valence-corrected chi connectivity index (χ3v) is 3.09. The van der Waals surface area contributed by atoms with Gasteiger partial charge in [-0.1, -0.05) is 13.0 Å². The number of ether oxygens (including phenoxy) is 2. The molecule has 1 aromatic carbocycles. The standard InChI is InChI=1S/C13H16N2O2/c1-2-9-3-4-10-11(7-9)15-13(14-10)12-8-16-5-6-17-12/h3-4,7,12H,2,5-6,8H2,1H3,(H,14,15). The maximum atomic E-state index is 5.63. The molecule has 0 aliphatic carbocycles. The molecule has 0 saturated carbocycles. The Kier molecular flexibility index (Phi) is 2.82. The first kappa shape index (κ1) is 10.7. The molecule has 4 heteroatoms. The molecule has 0 spiro atoms. The van der Waals surface area contributed by atoms with Crippen LogP contribution in [0.4, 0.5) is 0 Å². The van der Waals surface area contributed by atoms with Gasteiger partial charge in [-0.15, -0.1) is 0 Å². The number of aryl methyl sites for hydroxylation is 1. The van der Waals surface area contributed by atoms with E-state index in [2.05, 4.69) is 35.1 Å². The minimum absolute atomic E-state index is 0.0544. The summed E-state index contributed by atoms with van der Waals surface area (Å²) in [4.78, 5) is 7.88.